The fourth-order valence-corrected chi connectivity index (χ4v) is 5.58. The first-order valence-corrected chi connectivity index (χ1v) is 13.1. The van der Waals surface area contributed by atoms with E-state index in [1.807, 2.05) is 47.1 Å². The summed E-state index contributed by atoms with van der Waals surface area (Å²) in [5.41, 5.74) is 4.75. The first-order chi connectivity index (χ1) is 18.7. The topological polar surface area (TPSA) is 75.3 Å². The number of aromatic nitrogens is 6. The second-order valence-electron chi connectivity index (χ2n) is 9.87. The van der Waals surface area contributed by atoms with Gasteiger partial charge in [0.05, 0.1) is 36.0 Å². The van der Waals surface area contributed by atoms with Gasteiger partial charge in [-0.2, -0.15) is 0 Å². The highest BCUT2D eigenvalue weighted by molar-refractivity contribution is 5.64. The summed E-state index contributed by atoms with van der Waals surface area (Å²) in [7, 11) is 0. The third-order valence-electron chi connectivity index (χ3n) is 7.47. The predicted octanol–water partition coefficient (Wildman–Crippen LogP) is 5.33. The summed E-state index contributed by atoms with van der Waals surface area (Å²) in [6.07, 6.45) is 9.82. The first-order valence-electron chi connectivity index (χ1n) is 13.1. The van der Waals surface area contributed by atoms with Gasteiger partial charge in [-0.25, -0.2) is 28.8 Å². The van der Waals surface area contributed by atoms with Crippen LogP contribution in [0.2, 0.25) is 0 Å². The van der Waals surface area contributed by atoms with Gasteiger partial charge in [0.25, 0.3) is 0 Å². The number of halogens is 1. The van der Waals surface area contributed by atoms with E-state index < -0.39 is 0 Å². The number of imidazole rings is 1. The number of benzene rings is 1. The number of pyridine rings is 1. The van der Waals surface area contributed by atoms with Gasteiger partial charge in [0, 0.05) is 19.6 Å². The largest absolute Gasteiger partial charge is 0.355 e. The van der Waals surface area contributed by atoms with E-state index >= 15 is 0 Å². The zero-order valence-electron chi connectivity index (χ0n) is 20.9. The van der Waals surface area contributed by atoms with Gasteiger partial charge in [-0.05, 0) is 67.6 Å². The molecule has 5 aromatic rings. The van der Waals surface area contributed by atoms with Crippen LogP contribution in [-0.2, 0) is 0 Å². The number of hydrogen-bond acceptors (Lipinski definition) is 7. The molecule has 1 unspecified atom stereocenters. The van der Waals surface area contributed by atoms with Gasteiger partial charge >= 0.3 is 0 Å². The van der Waals surface area contributed by atoms with Crippen molar-refractivity contribution in [1.29, 1.82) is 0 Å². The van der Waals surface area contributed by atoms with Crippen molar-refractivity contribution in [1.82, 2.24) is 29.5 Å². The summed E-state index contributed by atoms with van der Waals surface area (Å²) in [5.74, 6) is 1.54. The molecule has 1 aromatic carbocycles. The molecule has 0 radical (unpaired) electrons. The van der Waals surface area contributed by atoms with Gasteiger partial charge in [0.1, 0.15) is 28.8 Å². The summed E-state index contributed by atoms with van der Waals surface area (Å²) < 4.78 is 15.8. The Kier molecular flexibility index (Phi) is 5.68. The predicted molar refractivity (Wildman–Crippen MR) is 144 cm³/mol. The Balaban J connectivity index is 1.21. The van der Waals surface area contributed by atoms with Crippen molar-refractivity contribution in [3.05, 3.63) is 84.6 Å². The molecule has 2 saturated heterocycles. The summed E-state index contributed by atoms with van der Waals surface area (Å²) >= 11 is 0. The van der Waals surface area contributed by atoms with Crippen LogP contribution in [0.25, 0.3) is 28.4 Å². The highest BCUT2D eigenvalue weighted by Crippen LogP contribution is 2.36. The fraction of sp³-hybridized carbons (Fsp3) is 0.276. The van der Waals surface area contributed by atoms with Gasteiger partial charge in [-0.1, -0.05) is 18.2 Å². The second kappa shape index (κ2) is 9.48. The lowest BCUT2D eigenvalue weighted by Crippen LogP contribution is -2.24. The van der Waals surface area contributed by atoms with E-state index in [0.29, 0.717) is 0 Å². The maximum Gasteiger partial charge on any atom is 0.154 e. The third-order valence-corrected chi connectivity index (χ3v) is 7.47. The van der Waals surface area contributed by atoms with Crippen molar-refractivity contribution in [2.24, 2.45) is 0 Å². The normalized spacial score (nSPS) is 17.6. The van der Waals surface area contributed by atoms with Gasteiger partial charge < -0.3 is 9.80 Å². The van der Waals surface area contributed by atoms with Crippen LogP contribution in [-0.4, -0.2) is 49.2 Å². The highest BCUT2D eigenvalue weighted by Gasteiger charge is 2.28. The summed E-state index contributed by atoms with van der Waals surface area (Å²) in [6.45, 7) is 2.93. The molecule has 0 saturated carbocycles. The lowest BCUT2D eigenvalue weighted by Gasteiger charge is -2.26. The van der Waals surface area contributed by atoms with E-state index in [0.717, 1.165) is 78.1 Å². The van der Waals surface area contributed by atoms with Crippen molar-refractivity contribution < 1.29 is 4.39 Å². The van der Waals surface area contributed by atoms with Crippen LogP contribution in [0, 0.1) is 5.82 Å². The quantitative estimate of drug-likeness (QED) is 0.319. The second-order valence-corrected chi connectivity index (χ2v) is 9.87. The summed E-state index contributed by atoms with van der Waals surface area (Å²) in [6, 6.07) is 16.8. The van der Waals surface area contributed by atoms with E-state index in [-0.39, 0.29) is 11.9 Å². The third kappa shape index (κ3) is 4.13. The van der Waals surface area contributed by atoms with Crippen LogP contribution < -0.4 is 9.80 Å². The van der Waals surface area contributed by atoms with E-state index in [1.54, 1.807) is 24.5 Å². The standard InChI is InChI=1S/C29H27FN8/c30-21-7-3-6-20(16-21)25-10-5-15-37(25)28-12-11-27-33-18-26(38(27)35-28)23-9-4-8-22(34-23)24-17-32-29(19-31-24)36-13-1-2-14-36/h3-4,6-9,11-12,16-19,25H,1-2,5,10,13-15H2. The fourth-order valence-electron chi connectivity index (χ4n) is 5.58. The Morgan fingerprint density at radius 1 is 0.737 bits per heavy atom. The summed E-state index contributed by atoms with van der Waals surface area (Å²) in [5, 5.41) is 4.96. The van der Waals surface area contributed by atoms with Crippen LogP contribution >= 0.6 is 0 Å². The molecule has 0 amide bonds. The molecular weight excluding hydrogens is 479 g/mol. The molecule has 0 aliphatic carbocycles. The maximum absolute atomic E-state index is 13.9. The minimum atomic E-state index is -0.212. The molecule has 2 fully saturated rings. The monoisotopic (exact) mass is 506 g/mol. The number of nitrogens with zero attached hydrogens (tertiary/aromatic N) is 8. The molecule has 0 bridgehead atoms. The van der Waals surface area contributed by atoms with Crippen molar-refractivity contribution in [2.45, 2.75) is 31.7 Å². The van der Waals surface area contributed by atoms with E-state index in [4.69, 9.17) is 10.1 Å². The average molecular weight is 507 g/mol. The van der Waals surface area contributed by atoms with Crippen LogP contribution in [0.1, 0.15) is 37.3 Å². The Labute approximate surface area is 219 Å². The van der Waals surface area contributed by atoms with Crippen LogP contribution in [0.4, 0.5) is 16.0 Å². The number of fused-ring (bicyclic) bond motifs is 1. The molecule has 190 valence electrons. The van der Waals surface area contributed by atoms with Crippen molar-refractivity contribution in [3.63, 3.8) is 0 Å². The van der Waals surface area contributed by atoms with Gasteiger partial charge in [-0.15, -0.1) is 5.10 Å². The van der Waals surface area contributed by atoms with Gasteiger partial charge in [0.15, 0.2) is 5.65 Å². The lowest BCUT2D eigenvalue weighted by atomic mass is 10.0. The zero-order valence-corrected chi connectivity index (χ0v) is 20.9. The number of hydrogen-bond donors (Lipinski definition) is 0. The highest BCUT2D eigenvalue weighted by atomic mass is 19.1. The number of anilines is 2. The van der Waals surface area contributed by atoms with Crippen molar-refractivity contribution in [2.75, 3.05) is 29.4 Å². The van der Waals surface area contributed by atoms with Crippen molar-refractivity contribution >= 4 is 17.3 Å². The smallest absolute Gasteiger partial charge is 0.154 e. The van der Waals surface area contributed by atoms with E-state index in [1.165, 1.54) is 18.9 Å². The number of rotatable bonds is 5. The molecule has 8 nitrogen and oxygen atoms in total. The molecule has 1 atom stereocenters. The molecule has 4 aromatic heterocycles. The molecule has 7 rings (SSSR count). The molecule has 0 N–H and O–H groups in total. The Hall–Kier alpha value is -4.40. The SMILES string of the molecule is Fc1cccc(C2CCCN2c2ccc3ncc(-c4cccc(-c5cnc(N6CCCC6)cn5)n4)n3n2)c1. The Morgan fingerprint density at radius 2 is 1.61 bits per heavy atom. The molecule has 0 spiro atoms. The average Bonchev–Trinajstić information content (AvgIpc) is 3.74. The summed E-state index contributed by atoms with van der Waals surface area (Å²) in [4.78, 5) is 23.3. The van der Waals surface area contributed by atoms with Crippen LogP contribution in [0.5, 0.6) is 0 Å². The zero-order chi connectivity index (χ0) is 25.5. The maximum atomic E-state index is 13.9. The van der Waals surface area contributed by atoms with Gasteiger partial charge in [-0.3, -0.25) is 0 Å². The van der Waals surface area contributed by atoms with E-state index in [9.17, 15) is 4.39 Å². The molecular formula is C29H27FN8. The molecule has 2 aliphatic rings. The molecule has 2 aliphatic heterocycles. The minimum absolute atomic E-state index is 0.0891. The Bertz CT molecular complexity index is 1590. The lowest BCUT2D eigenvalue weighted by molar-refractivity contribution is 0.617. The van der Waals surface area contributed by atoms with Crippen LogP contribution in [0.3, 0.4) is 0 Å². The van der Waals surface area contributed by atoms with E-state index in [2.05, 4.69) is 24.8 Å². The molecule has 6 heterocycles. The minimum Gasteiger partial charge on any atom is -0.355 e. The molecule has 38 heavy (non-hydrogen) atoms. The van der Waals surface area contributed by atoms with Crippen LogP contribution in [0.15, 0.2) is 73.2 Å². The molecule has 9 heteroatoms. The van der Waals surface area contributed by atoms with Gasteiger partial charge in [0.2, 0.25) is 0 Å². The van der Waals surface area contributed by atoms with Crippen molar-refractivity contribution in [3.8, 4) is 22.8 Å². The Morgan fingerprint density at radius 3 is 2.45 bits per heavy atom. The first kappa shape index (κ1) is 22.8.